The summed E-state index contributed by atoms with van der Waals surface area (Å²) in [4.78, 5) is 14.6. The molecule has 1 aromatic rings. The van der Waals surface area contributed by atoms with Crippen molar-refractivity contribution in [2.75, 3.05) is 26.5 Å². The normalized spacial score (nSPS) is 19.0. The van der Waals surface area contributed by atoms with E-state index in [-0.39, 0.29) is 17.3 Å². The highest BCUT2D eigenvalue weighted by atomic mass is 32.2. The molecule has 2 rings (SSSR count). The van der Waals surface area contributed by atoms with E-state index in [4.69, 9.17) is 9.47 Å². The largest absolute Gasteiger partial charge is 0.496 e. The number of rotatable bonds is 7. The summed E-state index contributed by atoms with van der Waals surface area (Å²) in [5.41, 5.74) is 1.03. The molecule has 0 aliphatic carbocycles. The van der Waals surface area contributed by atoms with Crippen molar-refractivity contribution in [3.8, 4) is 5.75 Å². The van der Waals surface area contributed by atoms with E-state index in [1.807, 2.05) is 42.3 Å². The lowest BCUT2D eigenvalue weighted by Gasteiger charge is -2.28. The van der Waals surface area contributed by atoms with Gasteiger partial charge in [-0.1, -0.05) is 18.2 Å². The van der Waals surface area contributed by atoms with Gasteiger partial charge in [-0.15, -0.1) is 0 Å². The van der Waals surface area contributed by atoms with E-state index in [0.717, 1.165) is 30.8 Å². The molecule has 122 valence electrons. The first-order chi connectivity index (χ1) is 10.7. The molecule has 0 spiro atoms. The van der Waals surface area contributed by atoms with Gasteiger partial charge in [0, 0.05) is 25.3 Å². The molecule has 1 fully saturated rings. The summed E-state index contributed by atoms with van der Waals surface area (Å²) >= 11 is 1.58. The second-order valence-electron chi connectivity index (χ2n) is 5.54. The first kappa shape index (κ1) is 17.2. The first-order valence-corrected chi connectivity index (χ1v) is 8.99. The molecule has 0 N–H and O–H groups in total. The minimum Gasteiger partial charge on any atom is -0.496 e. The van der Waals surface area contributed by atoms with Crippen LogP contribution < -0.4 is 4.74 Å². The molecular formula is C17H25NO3S. The van der Waals surface area contributed by atoms with E-state index in [1.165, 1.54) is 0 Å². The Morgan fingerprint density at radius 2 is 2.27 bits per heavy atom. The molecule has 1 heterocycles. The third-order valence-electron chi connectivity index (χ3n) is 4.01. The van der Waals surface area contributed by atoms with Gasteiger partial charge in [0.2, 0.25) is 5.91 Å². The highest BCUT2D eigenvalue weighted by Gasteiger charge is 2.26. The van der Waals surface area contributed by atoms with Crippen LogP contribution in [-0.4, -0.2) is 48.7 Å². The van der Waals surface area contributed by atoms with Crippen molar-refractivity contribution >= 4 is 17.7 Å². The molecule has 0 unspecified atom stereocenters. The Bertz CT molecular complexity index is 489. The highest BCUT2D eigenvalue weighted by molar-refractivity contribution is 7.99. The van der Waals surface area contributed by atoms with Crippen LogP contribution in [0.2, 0.25) is 0 Å². The Kier molecular flexibility index (Phi) is 6.58. The number of carbonyl (C=O) groups excluding carboxylic acids is 1. The van der Waals surface area contributed by atoms with E-state index in [0.29, 0.717) is 13.1 Å². The van der Waals surface area contributed by atoms with Crippen LogP contribution in [0.5, 0.6) is 5.75 Å². The van der Waals surface area contributed by atoms with Gasteiger partial charge in [0.25, 0.3) is 0 Å². The van der Waals surface area contributed by atoms with E-state index in [2.05, 4.69) is 0 Å². The topological polar surface area (TPSA) is 38.8 Å². The summed E-state index contributed by atoms with van der Waals surface area (Å²) in [6.07, 6.45) is 4.24. The third-order valence-corrected chi connectivity index (χ3v) is 4.92. The lowest BCUT2D eigenvalue weighted by molar-refractivity contribution is -0.132. The molecule has 1 amide bonds. The summed E-state index contributed by atoms with van der Waals surface area (Å²) in [7, 11) is 1.66. The van der Waals surface area contributed by atoms with Gasteiger partial charge < -0.3 is 14.4 Å². The van der Waals surface area contributed by atoms with E-state index in [9.17, 15) is 4.79 Å². The number of carbonyl (C=O) groups is 1. The molecule has 0 aromatic heterocycles. The SMILES string of the molecule is COc1ccccc1CN(C[C@@H]1CCCO1)C(=O)[C@@H](C)SC. The molecule has 1 saturated heterocycles. The summed E-state index contributed by atoms with van der Waals surface area (Å²) in [6.45, 7) is 3.98. The summed E-state index contributed by atoms with van der Waals surface area (Å²) < 4.78 is 11.1. The maximum Gasteiger partial charge on any atom is 0.235 e. The number of benzene rings is 1. The summed E-state index contributed by atoms with van der Waals surface area (Å²) in [5, 5.41) is -0.0453. The van der Waals surface area contributed by atoms with Gasteiger partial charge in [-0.2, -0.15) is 11.8 Å². The minimum atomic E-state index is -0.0453. The van der Waals surface area contributed by atoms with Gasteiger partial charge >= 0.3 is 0 Å². The van der Waals surface area contributed by atoms with Crippen LogP contribution in [0, 0.1) is 0 Å². The van der Waals surface area contributed by atoms with Crippen molar-refractivity contribution in [1.29, 1.82) is 0 Å². The van der Waals surface area contributed by atoms with E-state index >= 15 is 0 Å². The summed E-state index contributed by atoms with van der Waals surface area (Å²) in [6, 6.07) is 7.87. The maximum absolute atomic E-state index is 12.7. The lowest BCUT2D eigenvalue weighted by Crippen LogP contribution is -2.40. The average Bonchev–Trinajstić information content (AvgIpc) is 3.06. The van der Waals surface area contributed by atoms with Crippen LogP contribution >= 0.6 is 11.8 Å². The Labute approximate surface area is 137 Å². The van der Waals surface area contributed by atoms with Gasteiger partial charge in [-0.3, -0.25) is 4.79 Å². The summed E-state index contributed by atoms with van der Waals surface area (Å²) in [5.74, 6) is 0.985. The number of para-hydroxylation sites is 1. The number of amides is 1. The van der Waals surface area contributed by atoms with Crippen molar-refractivity contribution in [2.45, 2.75) is 37.7 Å². The van der Waals surface area contributed by atoms with Gasteiger partial charge in [0.05, 0.1) is 18.5 Å². The third kappa shape index (κ3) is 4.40. The zero-order chi connectivity index (χ0) is 15.9. The minimum absolute atomic E-state index is 0.0453. The zero-order valence-corrected chi connectivity index (χ0v) is 14.4. The van der Waals surface area contributed by atoms with Crippen molar-refractivity contribution in [3.05, 3.63) is 29.8 Å². The fourth-order valence-corrected chi connectivity index (χ4v) is 3.01. The van der Waals surface area contributed by atoms with Crippen LogP contribution in [0.4, 0.5) is 0 Å². The smallest absolute Gasteiger partial charge is 0.235 e. The quantitative estimate of drug-likeness (QED) is 0.773. The van der Waals surface area contributed by atoms with Gasteiger partial charge in [0.15, 0.2) is 0 Å². The lowest BCUT2D eigenvalue weighted by atomic mass is 10.1. The molecule has 1 aromatic carbocycles. The van der Waals surface area contributed by atoms with Crippen molar-refractivity contribution in [2.24, 2.45) is 0 Å². The molecule has 1 aliphatic heterocycles. The molecule has 0 saturated carbocycles. The van der Waals surface area contributed by atoms with Crippen LogP contribution in [0.15, 0.2) is 24.3 Å². The fraction of sp³-hybridized carbons (Fsp3) is 0.588. The molecule has 22 heavy (non-hydrogen) atoms. The van der Waals surface area contributed by atoms with Crippen LogP contribution in [0.1, 0.15) is 25.3 Å². The van der Waals surface area contributed by atoms with Crippen LogP contribution in [0.3, 0.4) is 0 Å². The van der Waals surface area contributed by atoms with Gasteiger partial charge in [-0.05, 0) is 32.1 Å². The number of ether oxygens (including phenoxy) is 2. The number of nitrogens with zero attached hydrogens (tertiary/aromatic N) is 1. The second-order valence-corrected chi connectivity index (χ2v) is 6.72. The highest BCUT2D eigenvalue weighted by Crippen LogP contribution is 2.23. The predicted molar refractivity (Wildman–Crippen MR) is 90.4 cm³/mol. The van der Waals surface area contributed by atoms with Crippen molar-refractivity contribution in [1.82, 2.24) is 4.90 Å². The molecule has 1 aliphatic rings. The Hall–Kier alpha value is -1.20. The number of hydrogen-bond donors (Lipinski definition) is 0. The number of thioether (sulfide) groups is 1. The second kappa shape index (κ2) is 8.44. The van der Waals surface area contributed by atoms with E-state index in [1.54, 1.807) is 18.9 Å². The molecule has 0 bridgehead atoms. The van der Waals surface area contributed by atoms with Crippen molar-refractivity contribution in [3.63, 3.8) is 0 Å². The van der Waals surface area contributed by atoms with E-state index < -0.39 is 0 Å². The molecule has 0 radical (unpaired) electrons. The average molecular weight is 323 g/mol. The van der Waals surface area contributed by atoms with Gasteiger partial charge in [0.1, 0.15) is 5.75 Å². The Balaban J connectivity index is 2.13. The molecule has 4 nitrogen and oxygen atoms in total. The van der Waals surface area contributed by atoms with Gasteiger partial charge in [-0.25, -0.2) is 0 Å². The Morgan fingerprint density at radius 3 is 2.91 bits per heavy atom. The number of hydrogen-bond acceptors (Lipinski definition) is 4. The first-order valence-electron chi connectivity index (χ1n) is 7.70. The molecule has 5 heteroatoms. The Morgan fingerprint density at radius 1 is 1.50 bits per heavy atom. The molecular weight excluding hydrogens is 298 g/mol. The van der Waals surface area contributed by atoms with Crippen LogP contribution in [0.25, 0.3) is 0 Å². The fourth-order valence-electron chi connectivity index (χ4n) is 2.66. The predicted octanol–water partition coefficient (Wildman–Crippen LogP) is 2.95. The van der Waals surface area contributed by atoms with Crippen LogP contribution in [-0.2, 0) is 16.1 Å². The maximum atomic E-state index is 12.7. The monoisotopic (exact) mass is 323 g/mol. The van der Waals surface area contributed by atoms with Crippen molar-refractivity contribution < 1.29 is 14.3 Å². The molecule has 2 atom stereocenters. The zero-order valence-electron chi connectivity index (χ0n) is 13.6. The standard InChI is InChI=1S/C17H25NO3S/c1-13(22-3)17(19)18(12-15-8-6-10-21-15)11-14-7-4-5-9-16(14)20-2/h4-5,7,9,13,15H,6,8,10-12H2,1-3H3/t13-,15+/m1/s1. The number of methoxy groups -OCH3 is 1.